The summed E-state index contributed by atoms with van der Waals surface area (Å²) in [6.07, 6.45) is 7.19. The van der Waals surface area contributed by atoms with E-state index in [1.165, 1.54) is 18.4 Å². The number of halogens is 2. The van der Waals surface area contributed by atoms with E-state index >= 15 is 0 Å². The lowest BCUT2D eigenvalue weighted by molar-refractivity contribution is -0.138. The molecule has 0 saturated carbocycles. The van der Waals surface area contributed by atoms with Crippen molar-refractivity contribution in [2.24, 2.45) is 4.99 Å². The zero-order valence-corrected chi connectivity index (χ0v) is 29.1. The van der Waals surface area contributed by atoms with Gasteiger partial charge in [0.15, 0.2) is 16.3 Å². The van der Waals surface area contributed by atoms with Gasteiger partial charge >= 0.3 is 5.97 Å². The number of aromatic nitrogens is 1. The lowest BCUT2D eigenvalue weighted by Crippen LogP contribution is -2.40. The van der Waals surface area contributed by atoms with Gasteiger partial charge in [-0.25, -0.2) is 9.79 Å². The van der Waals surface area contributed by atoms with Crippen LogP contribution in [-0.4, -0.2) is 38.0 Å². The Labute approximate surface area is 285 Å². The molecule has 11 heteroatoms. The zero-order chi connectivity index (χ0) is 31.4. The Morgan fingerprint density at radius 3 is 2.41 bits per heavy atom. The molecular weight excluding hydrogens is 806 g/mol. The van der Waals surface area contributed by atoms with Gasteiger partial charge in [0.25, 0.3) is 5.56 Å². The number of benzene rings is 3. The van der Waals surface area contributed by atoms with E-state index < -0.39 is 12.0 Å². The highest BCUT2D eigenvalue weighted by atomic mass is 127. The van der Waals surface area contributed by atoms with Crippen LogP contribution in [0.3, 0.4) is 0 Å². The van der Waals surface area contributed by atoms with Crippen molar-refractivity contribution < 1.29 is 23.7 Å². The van der Waals surface area contributed by atoms with Gasteiger partial charge in [0.05, 0.1) is 49.8 Å². The van der Waals surface area contributed by atoms with E-state index in [2.05, 4.69) is 51.1 Å². The van der Waals surface area contributed by atoms with E-state index in [0.29, 0.717) is 37.8 Å². The first-order valence-electron chi connectivity index (χ1n) is 13.4. The third-order valence-corrected chi connectivity index (χ3v) is 9.30. The molecule has 5 rings (SSSR count). The van der Waals surface area contributed by atoms with Crippen molar-refractivity contribution in [2.75, 3.05) is 27.4 Å². The Kier molecular flexibility index (Phi) is 10.1. The summed E-state index contributed by atoms with van der Waals surface area (Å²) in [6, 6.07) is 17.8. The van der Waals surface area contributed by atoms with Crippen LogP contribution in [-0.2, 0) is 9.53 Å². The number of thiazole rings is 1. The van der Waals surface area contributed by atoms with Crippen LogP contribution in [0.25, 0.3) is 11.8 Å². The summed E-state index contributed by atoms with van der Waals surface area (Å²) in [4.78, 5) is 33.3. The van der Waals surface area contributed by atoms with E-state index in [9.17, 15) is 9.59 Å². The quantitative estimate of drug-likeness (QED) is 0.132. The third-order valence-electron chi connectivity index (χ3n) is 6.72. The molecule has 8 nitrogen and oxygen atoms in total. The van der Waals surface area contributed by atoms with Crippen molar-refractivity contribution in [3.05, 3.63) is 110 Å². The molecule has 0 amide bonds. The maximum absolute atomic E-state index is 14.2. The Balaban J connectivity index is 1.79. The number of hydrogen-bond acceptors (Lipinski definition) is 8. The average Bonchev–Trinajstić information content (AvgIpc) is 3.34. The number of terminal acetylenes is 1. The summed E-state index contributed by atoms with van der Waals surface area (Å²) < 4.78 is 26.0. The molecule has 0 N–H and O–H groups in total. The van der Waals surface area contributed by atoms with Crippen LogP contribution in [0.1, 0.15) is 29.7 Å². The fourth-order valence-electron chi connectivity index (χ4n) is 4.84. The van der Waals surface area contributed by atoms with Crippen LogP contribution in [0.2, 0.25) is 0 Å². The minimum absolute atomic E-state index is 0.159. The maximum atomic E-state index is 14.2. The van der Waals surface area contributed by atoms with Crippen molar-refractivity contribution >= 4 is 74.3 Å². The Bertz CT molecular complexity index is 1970. The fraction of sp³-hybridized carbons (Fsp3) is 0.182. The van der Waals surface area contributed by atoms with Crippen LogP contribution < -0.4 is 29.1 Å². The number of rotatable bonds is 9. The van der Waals surface area contributed by atoms with Gasteiger partial charge in [-0.3, -0.25) is 9.36 Å². The lowest BCUT2D eigenvalue weighted by Gasteiger charge is -2.26. The molecule has 4 aromatic rings. The summed E-state index contributed by atoms with van der Waals surface area (Å²) in [5.74, 6) is 3.61. The molecule has 0 spiro atoms. The molecule has 1 atom stereocenters. The number of methoxy groups -OCH3 is 2. The first-order chi connectivity index (χ1) is 21.3. The second-order valence-electron chi connectivity index (χ2n) is 9.35. The molecule has 0 unspecified atom stereocenters. The first kappa shape index (κ1) is 31.8. The fourth-order valence-corrected chi connectivity index (χ4v) is 7.97. The molecule has 3 aromatic carbocycles. The smallest absolute Gasteiger partial charge is 0.338 e. The van der Waals surface area contributed by atoms with Crippen LogP contribution >= 0.6 is 56.5 Å². The van der Waals surface area contributed by atoms with Gasteiger partial charge < -0.3 is 18.9 Å². The second kappa shape index (κ2) is 14.0. The molecule has 0 aliphatic carbocycles. The van der Waals surface area contributed by atoms with Gasteiger partial charge in [-0.05, 0) is 93.6 Å². The van der Waals surface area contributed by atoms with E-state index in [4.69, 9.17) is 30.4 Å². The van der Waals surface area contributed by atoms with Crippen molar-refractivity contribution in [1.82, 2.24) is 4.57 Å². The number of ether oxygens (including phenoxy) is 4. The van der Waals surface area contributed by atoms with E-state index in [1.807, 2.05) is 54.6 Å². The molecule has 0 saturated heterocycles. The van der Waals surface area contributed by atoms with Gasteiger partial charge in [-0.15, -0.1) is 6.42 Å². The lowest BCUT2D eigenvalue weighted by atomic mass is 9.93. The van der Waals surface area contributed by atoms with Crippen molar-refractivity contribution in [2.45, 2.75) is 13.0 Å². The summed E-state index contributed by atoms with van der Waals surface area (Å²) in [7, 11) is 3.09. The molecule has 1 aromatic heterocycles. The number of carbonyl (C=O) groups excluding carboxylic acids is 1. The Morgan fingerprint density at radius 2 is 1.77 bits per heavy atom. The number of carbonyl (C=O) groups is 1. The summed E-state index contributed by atoms with van der Waals surface area (Å²) >= 11 is 5.64. The molecule has 1 aliphatic heterocycles. The van der Waals surface area contributed by atoms with Crippen LogP contribution in [0, 0.1) is 19.5 Å². The monoisotopic (exact) mass is 832 g/mol. The van der Waals surface area contributed by atoms with Crippen molar-refractivity contribution in [3.8, 4) is 29.6 Å². The predicted octanol–water partition coefficient (Wildman–Crippen LogP) is 5.17. The number of hydrogen-bond donors (Lipinski definition) is 0. The minimum Gasteiger partial charge on any atom is -0.493 e. The Morgan fingerprint density at radius 1 is 1.07 bits per heavy atom. The van der Waals surface area contributed by atoms with Crippen molar-refractivity contribution in [1.29, 1.82) is 0 Å². The van der Waals surface area contributed by atoms with Crippen LogP contribution in [0.5, 0.6) is 17.2 Å². The van der Waals surface area contributed by atoms with Crippen LogP contribution in [0.15, 0.2) is 76.0 Å². The molecule has 0 bridgehead atoms. The van der Waals surface area contributed by atoms with Gasteiger partial charge in [-0.1, -0.05) is 53.7 Å². The van der Waals surface area contributed by atoms with Gasteiger partial charge in [0.2, 0.25) is 0 Å². The Hall–Kier alpha value is -3.61. The van der Waals surface area contributed by atoms with Gasteiger partial charge in [0.1, 0.15) is 12.4 Å². The molecule has 0 fully saturated rings. The normalized spacial score (nSPS) is 14.4. The largest absolute Gasteiger partial charge is 0.493 e. The van der Waals surface area contributed by atoms with Crippen molar-refractivity contribution in [3.63, 3.8) is 0 Å². The summed E-state index contributed by atoms with van der Waals surface area (Å²) in [5, 5.41) is 0. The summed E-state index contributed by atoms with van der Waals surface area (Å²) in [5.41, 5.74) is 2.58. The number of esters is 1. The molecule has 2 heterocycles. The second-order valence-corrected chi connectivity index (χ2v) is 12.7. The number of nitrogens with zero attached hydrogens (tertiary/aromatic N) is 2. The third kappa shape index (κ3) is 6.29. The topological polar surface area (TPSA) is 88.3 Å². The van der Waals surface area contributed by atoms with Crippen LogP contribution in [0.4, 0.5) is 0 Å². The molecule has 224 valence electrons. The molecule has 1 aliphatic rings. The molecule has 44 heavy (non-hydrogen) atoms. The molecule has 0 radical (unpaired) electrons. The predicted molar refractivity (Wildman–Crippen MR) is 187 cm³/mol. The van der Waals surface area contributed by atoms with Gasteiger partial charge in [0, 0.05) is 5.56 Å². The van der Waals surface area contributed by atoms with E-state index in [-0.39, 0.29) is 24.3 Å². The standard InChI is InChI=1S/C33H26I2N2O6S/c1-5-14-43-30-22(34)15-19(16-23(30)35)17-26-31(38)37-29(21-12-13-24(40-3)25(18-21)41-4)27(32(39)42-6-2)28(36-33(37)44-26)20-10-8-7-9-11-20/h1,7-13,15-18,29H,6,14H2,2-4H3/b26-17-/t29-/m1/s1. The highest BCUT2D eigenvalue weighted by molar-refractivity contribution is 14.1. The van der Waals surface area contributed by atoms with Gasteiger partial charge in [-0.2, -0.15) is 0 Å². The summed E-state index contributed by atoms with van der Waals surface area (Å²) in [6.45, 7) is 2.06. The van der Waals surface area contributed by atoms with E-state index in [1.54, 1.807) is 30.7 Å². The highest BCUT2D eigenvalue weighted by Gasteiger charge is 2.35. The highest BCUT2D eigenvalue weighted by Crippen LogP contribution is 2.38. The van der Waals surface area contributed by atoms with E-state index in [0.717, 1.165) is 18.3 Å². The molecular formula is C33H26I2N2O6S. The first-order valence-corrected chi connectivity index (χ1v) is 16.3. The average molecular weight is 832 g/mol. The zero-order valence-electron chi connectivity index (χ0n) is 23.9. The minimum atomic E-state index is -0.845. The number of fused-ring (bicyclic) bond motifs is 1. The SMILES string of the molecule is C#CCOc1c(I)cc(/C=c2\sc3n(c2=O)[C@H](c2ccc(OC)c(OC)c2)C(C(=O)OCC)=C(c2ccccc2)N=3)cc1I. The maximum Gasteiger partial charge on any atom is 0.338 e.